The Bertz CT molecular complexity index is 469. The van der Waals surface area contributed by atoms with Crippen LogP contribution in [-0.2, 0) is 9.84 Å². The van der Waals surface area contributed by atoms with Crippen LogP contribution in [0, 0.1) is 6.92 Å². The molecule has 0 spiro atoms. The molecule has 0 unspecified atom stereocenters. The molecule has 1 rings (SSSR count). The molecule has 17 heavy (non-hydrogen) atoms. The van der Waals surface area contributed by atoms with Crippen molar-refractivity contribution in [1.82, 2.24) is 5.32 Å². The Hall–Kier alpha value is -1.07. The van der Waals surface area contributed by atoms with Gasteiger partial charge < -0.3 is 10.1 Å². The van der Waals surface area contributed by atoms with E-state index >= 15 is 0 Å². The van der Waals surface area contributed by atoms with E-state index in [1.165, 1.54) is 0 Å². The van der Waals surface area contributed by atoms with Crippen LogP contribution in [0.5, 0.6) is 5.75 Å². The van der Waals surface area contributed by atoms with Gasteiger partial charge in [0.25, 0.3) is 0 Å². The normalized spacial score (nSPS) is 11.5. The minimum Gasteiger partial charge on any atom is -0.494 e. The zero-order valence-electron chi connectivity index (χ0n) is 10.5. The highest BCUT2D eigenvalue weighted by Crippen LogP contribution is 2.22. The molecule has 0 radical (unpaired) electrons. The van der Waals surface area contributed by atoms with E-state index in [4.69, 9.17) is 4.74 Å². The minimum absolute atomic E-state index is 0.108. The second kappa shape index (κ2) is 6.02. The third-order valence-electron chi connectivity index (χ3n) is 2.43. The topological polar surface area (TPSA) is 55.4 Å². The molecule has 0 amide bonds. The van der Waals surface area contributed by atoms with Crippen molar-refractivity contribution in [1.29, 1.82) is 0 Å². The monoisotopic (exact) mass is 257 g/mol. The zero-order chi connectivity index (χ0) is 12.9. The average molecular weight is 257 g/mol. The molecular weight excluding hydrogens is 238 g/mol. The molecule has 0 atom stereocenters. The van der Waals surface area contributed by atoms with Gasteiger partial charge in [0.2, 0.25) is 0 Å². The van der Waals surface area contributed by atoms with Gasteiger partial charge >= 0.3 is 0 Å². The van der Waals surface area contributed by atoms with E-state index in [1.807, 2.05) is 13.8 Å². The quantitative estimate of drug-likeness (QED) is 0.836. The zero-order valence-corrected chi connectivity index (χ0v) is 11.3. The van der Waals surface area contributed by atoms with E-state index in [9.17, 15) is 8.42 Å². The van der Waals surface area contributed by atoms with E-state index in [-0.39, 0.29) is 5.75 Å². The highest BCUT2D eigenvalue weighted by molar-refractivity contribution is 7.91. The Morgan fingerprint density at radius 2 is 2.06 bits per heavy atom. The van der Waals surface area contributed by atoms with Crippen LogP contribution < -0.4 is 10.1 Å². The lowest BCUT2D eigenvalue weighted by atomic mass is 10.2. The lowest BCUT2D eigenvalue weighted by Crippen LogP contribution is -2.19. The van der Waals surface area contributed by atoms with Crippen molar-refractivity contribution in [3.05, 3.63) is 23.8 Å². The van der Waals surface area contributed by atoms with E-state index < -0.39 is 9.84 Å². The number of sulfone groups is 1. The third kappa shape index (κ3) is 3.71. The number of hydrogen-bond acceptors (Lipinski definition) is 4. The van der Waals surface area contributed by atoms with Gasteiger partial charge in [0.1, 0.15) is 5.75 Å². The van der Waals surface area contributed by atoms with Gasteiger partial charge in [-0.25, -0.2) is 8.42 Å². The highest BCUT2D eigenvalue weighted by atomic mass is 32.2. The summed E-state index contributed by atoms with van der Waals surface area (Å²) in [7, 11) is -1.46. The summed E-state index contributed by atoms with van der Waals surface area (Å²) in [5.41, 5.74) is 0.845. The molecule has 0 fully saturated rings. The van der Waals surface area contributed by atoms with E-state index in [0.717, 1.165) is 11.3 Å². The van der Waals surface area contributed by atoms with Gasteiger partial charge in [-0.05, 0) is 44.7 Å². The first-order chi connectivity index (χ1) is 8.01. The second-order valence-corrected chi connectivity index (χ2v) is 5.89. The predicted octanol–water partition coefficient (Wildman–Crippen LogP) is 1.39. The van der Waals surface area contributed by atoms with Crippen LogP contribution in [-0.4, -0.2) is 34.4 Å². The van der Waals surface area contributed by atoms with E-state index in [1.54, 1.807) is 25.2 Å². The van der Waals surface area contributed by atoms with Crippen LogP contribution in [0.15, 0.2) is 23.1 Å². The molecule has 96 valence electrons. The summed E-state index contributed by atoms with van der Waals surface area (Å²) in [5.74, 6) is 0.844. The van der Waals surface area contributed by atoms with Gasteiger partial charge in [-0.15, -0.1) is 0 Å². The Morgan fingerprint density at radius 3 is 2.59 bits per heavy atom. The van der Waals surface area contributed by atoms with Crippen molar-refractivity contribution < 1.29 is 13.2 Å². The fraction of sp³-hybridized carbons (Fsp3) is 0.500. The Labute approximate surface area is 103 Å². The average Bonchev–Trinajstić information content (AvgIpc) is 2.29. The van der Waals surface area contributed by atoms with Gasteiger partial charge in [-0.3, -0.25) is 0 Å². The number of nitrogens with one attached hydrogen (secondary N) is 1. The summed E-state index contributed by atoms with van der Waals surface area (Å²) in [6, 6.07) is 4.98. The molecule has 0 aliphatic carbocycles. The first-order valence-corrected chi connectivity index (χ1v) is 7.27. The SMILES string of the molecule is CCOc1ccc(S(=O)(=O)CCNC)cc1C. The fourth-order valence-corrected chi connectivity index (χ4v) is 2.83. The molecule has 1 aromatic rings. The second-order valence-electron chi connectivity index (χ2n) is 3.78. The van der Waals surface area contributed by atoms with Crippen LogP contribution in [0.1, 0.15) is 12.5 Å². The molecule has 0 aromatic heterocycles. The Kier molecular flexibility index (Phi) is 4.96. The molecule has 0 aliphatic rings. The van der Waals surface area contributed by atoms with Crippen molar-refractivity contribution in [2.45, 2.75) is 18.7 Å². The van der Waals surface area contributed by atoms with Crippen LogP contribution in [0.3, 0.4) is 0 Å². The lowest BCUT2D eigenvalue weighted by molar-refractivity contribution is 0.337. The molecular formula is C12H19NO3S. The maximum Gasteiger partial charge on any atom is 0.179 e. The summed E-state index contributed by atoms with van der Waals surface area (Å²) in [4.78, 5) is 0.355. The largest absolute Gasteiger partial charge is 0.494 e. The van der Waals surface area contributed by atoms with Crippen molar-refractivity contribution in [2.75, 3.05) is 26.0 Å². The summed E-state index contributed by atoms with van der Waals surface area (Å²) in [6.45, 7) is 4.78. The Morgan fingerprint density at radius 1 is 1.35 bits per heavy atom. The van der Waals surface area contributed by atoms with Crippen LogP contribution in [0.25, 0.3) is 0 Å². The maximum atomic E-state index is 11.9. The molecule has 0 saturated heterocycles. The van der Waals surface area contributed by atoms with E-state index in [2.05, 4.69) is 5.32 Å². The smallest absolute Gasteiger partial charge is 0.179 e. The first kappa shape index (κ1) is 14.0. The standard InChI is InChI=1S/C12H19NO3S/c1-4-16-12-6-5-11(9-10(12)2)17(14,15)8-7-13-3/h5-6,9,13H,4,7-8H2,1-3H3. The van der Waals surface area contributed by atoms with Crippen molar-refractivity contribution in [2.24, 2.45) is 0 Å². The predicted molar refractivity (Wildman–Crippen MR) is 68.3 cm³/mol. The molecule has 4 nitrogen and oxygen atoms in total. The summed E-state index contributed by atoms with van der Waals surface area (Å²) >= 11 is 0. The van der Waals surface area contributed by atoms with Crippen molar-refractivity contribution in [3.8, 4) is 5.75 Å². The Balaban J connectivity index is 2.96. The minimum atomic E-state index is -3.19. The molecule has 0 saturated carbocycles. The van der Waals surface area contributed by atoms with Gasteiger partial charge in [0.15, 0.2) is 9.84 Å². The van der Waals surface area contributed by atoms with Gasteiger partial charge in [0, 0.05) is 6.54 Å². The fourth-order valence-electron chi connectivity index (χ4n) is 1.49. The molecule has 0 heterocycles. The number of hydrogen-bond donors (Lipinski definition) is 1. The summed E-state index contributed by atoms with van der Waals surface area (Å²) in [5, 5.41) is 2.84. The van der Waals surface area contributed by atoms with Crippen LogP contribution in [0.2, 0.25) is 0 Å². The molecule has 1 aromatic carbocycles. The van der Waals surface area contributed by atoms with E-state index in [0.29, 0.717) is 18.0 Å². The number of rotatable bonds is 6. The molecule has 1 N–H and O–H groups in total. The van der Waals surface area contributed by atoms with Gasteiger partial charge in [-0.1, -0.05) is 0 Å². The van der Waals surface area contributed by atoms with Crippen molar-refractivity contribution >= 4 is 9.84 Å². The maximum absolute atomic E-state index is 11.9. The number of benzene rings is 1. The van der Waals surface area contributed by atoms with Gasteiger partial charge in [0.05, 0.1) is 17.3 Å². The van der Waals surface area contributed by atoms with Gasteiger partial charge in [-0.2, -0.15) is 0 Å². The number of aryl methyl sites for hydroxylation is 1. The third-order valence-corrected chi connectivity index (χ3v) is 4.14. The summed E-state index contributed by atoms with van der Waals surface area (Å²) in [6.07, 6.45) is 0. The molecule has 0 bridgehead atoms. The van der Waals surface area contributed by atoms with Crippen molar-refractivity contribution in [3.63, 3.8) is 0 Å². The lowest BCUT2D eigenvalue weighted by Gasteiger charge is -2.09. The molecule has 0 aliphatic heterocycles. The number of ether oxygens (including phenoxy) is 1. The first-order valence-electron chi connectivity index (χ1n) is 5.62. The molecule has 5 heteroatoms. The van der Waals surface area contributed by atoms with Crippen LogP contribution >= 0.6 is 0 Å². The summed E-state index contributed by atoms with van der Waals surface area (Å²) < 4.78 is 29.2. The highest BCUT2D eigenvalue weighted by Gasteiger charge is 2.14. The van der Waals surface area contributed by atoms with Crippen LogP contribution in [0.4, 0.5) is 0 Å².